The molecule has 13 rings (SSSR count). The van der Waals surface area contributed by atoms with E-state index in [2.05, 4.69) is 185 Å². The van der Waals surface area contributed by atoms with E-state index in [-0.39, 0.29) is 0 Å². The van der Waals surface area contributed by atoms with Gasteiger partial charge >= 0.3 is 0 Å². The molecule has 0 saturated heterocycles. The fourth-order valence-electron chi connectivity index (χ4n) is 9.34. The standard InChI is InChI=1S/C53H31N5O/c1-2-16-34-29-47-42(28-33(34)15-1)39-21-7-9-24-44(39)57(47)35-30-43(50-41-22-8-12-27-48(41)59-49(50)31-35)52-54-51(40-23-13-17-32-14-3-4-18-36(32)40)55-53(56-52)58-45-25-10-5-19-37(45)38-20-6-11-26-46(38)58/h1-31H. The molecule has 0 radical (unpaired) electrons. The number of hydrogen-bond acceptors (Lipinski definition) is 4. The van der Waals surface area contributed by atoms with E-state index in [0.717, 1.165) is 82.4 Å². The molecule has 0 bridgehead atoms. The summed E-state index contributed by atoms with van der Waals surface area (Å²) in [5.41, 5.74) is 8.60. The molecule has 0 N–H and O–H groups in total. The Morgan fingerprint density at radius 2 is 0.881 bits per heavy atom. The van der Waals surface area contributed by atoms with Gasteiger partial charge in [-0.15, -0.1) is 0 Å². The van der Waals surface area contributed by atoms with E-state index in [1.165, 1.54) is 21.5 Å². The highest BCUT2D eigenvalue weighted by Crippen LogP contribution is 2.42. The predicted octanol–water partition coefficient (Wildman–Crippen LogP) is 13.6. The Hall–Kier alpha value is -8.09. The summed E-state index contributed by atoms with van der Waals surface area (Å²) in [6.45, 7) is 0. The Balaban J connectivity index is 1.17. The van der Waals surface area contributed by atoms with Gasteiger partial charge in [0, 0.05) is 49.5 Å². The van der Waals surface area contributed by atoms with E-state index in [1.807, 2.05) is 12.1 Å². The summed E-state index contributed by atoms with van der Waals surface area (Å²) >= 11 is 0. The first kappa shape index (κ1) is 32.0. The lowest BCUT2D eigenvalue weighted by Gasteiger charge is -2.14. The van der Waals surface area contributed by atoms with Crippen LogP contribution >= 0.6 is 0 Å². The molecular formula is C53H31N5O. The molecule has 0 aliphatic heterocycles. The molecule has 6 nitrogen and oxygen atoms in total. The summed E-state index contributed by atoms with van der Waals surface area (Å²) in [4.78, 5) is 16.2. The van der Waals surface area contributed by atoms with Crippen LogP contribution in [0.15, 0.2) is 192 Å². The number of furan rings is 1. The number of rotatable bonds is 4. The van der Waals surface area contributed by atoms with Gasteiger partial charge in [0.15, 0.2) is 11.6 Å². The van der Waals surface area contributed by atoms with Gasteiger partial charge in [-0.1, -0.05) is 140 Å². The second-order valence-corrected chi connectivity index (χ2v) is 15.2. The van der Waals surface area contributed by atoms with Crippen LogP contribution in [-0.4, -0.2) is 24.1 Å². The second-order valence-electron chi connectivity index (χ2n) is 15.2. The summed E-state index contributed by atoms with van der Waals surface area (Å²) in [7, 11) is 0. The molecule has 0 aliphatic carbocycles. The van der Waals surface area contributed by atoms with E-state index in [1.54, 1.807) is 0 Å². The Labute approximate surface area is 336 Å². The summed E-state index contributed by atoms with van der Waals surface area (Å²) in [5.74, 6) is 1.70. The van der Waals surface area contributed by atoms with Crippen molar-refractivity contribution in [3.8, 4) is 34.4 Å². The molecule has 0 amide bonds. The topological polar surface area (TPSA) is 61.7 Å². The first-order chi connectivity index (χ1) is 29.2. The molecule has 0 fully saturated rings. The third-order valence-corrected chi connectivity index (χ3v) is 11.9. The van der Waals surface area contributed by atoms with Crippen LogP contribution in [0.3, 0.4) is 0 Å². The van der Waals surface area contributed by atoms with Crippen LogP contribution in [0.25, 0.3) is 122 Å². The maximum atomic E-state index is 6.75. The molecular weight excluding hydrogens is 723 g/mol. The van der Waals surface area contributed by atoms with E-state index in [4.69, 9.17) is 19.4 Å². The number of nitrogens with zero attached hydrogens (tertiary/aromatic N) is 5. The van der Waals surface area contributed by atoms with Crippen LogP contribution in [0.5, 0.6) is 0 Å². The van der Waals surface area contributed by atoms with Gasteiger partial charge in [0.25, 0.3) is 0 Å². The average Bonchev–Trinajstić information content (AvgIpc) is 3.95. The van der Waals surface area contributed by atoms with Crippen molar-refractivity contribution in [2.24, 2.45) is 0 Å². The molecule has 9 aromatic carbocycles. The zero-order valence-corrected chi connectivity index (χ0v) is 31.5. The van der Waals surface area contributed by atoms with Gasteiger partial charge in [-0.2, -0.15) is 9.97 Å². The Bertz CT molecular complexity index is 3810. The van der Waals surface area contributed by atoms with Crippen molar-refractivity contribution in [3.05, 3.63) is 188 Å². The maximum Gasteiger partial charge on any atom is 0.238 e. The summed E-state index contributed by atoms with van der Waals surface area (Å²) < 4.78 is 11.3. The summed E-state index contributed by atoms with van der Waals surface area (Å²) in [6, 6.07) is 66.1. The van der Waals surface area contributed by atoms with E-state index in [9.17, 15) is 0 Å². The lowest BCUT2D eigenvalue weighted by molar-refractivity contribution is 0.668. The quantitative estimate of drug-likeness (QED) is 0.180. The number of fused-ring (bicyclic) bond motifs is 11. The van der Waals surface area contributed by atoms with Gasteiger partial charge < -0.3 is 8.98 Å². The van der Waals surface area contributed by atoms with Gasteiger partial charge in [0.1, 0.15) is 11.2 Å². The molecule has 6 heteroatoms. The summed E-state index contributed by atoms with van der Waals surface area (Å²) in [6.07, 6.45) is 0. The SMILES string of the molecule is c1ccc2cc3c(cc2c1)c1ccccc1n3-c1cc(-c2nc(-c3cccc4ccccc34)nc(-n3c4ccccc4c4ccccc43)n2)c2c(c1)oc1ccccc12. The first-order valence-electron chi connectivity index (χ1n) is 19.9. The maximum absolute atomic E-state index is 6.75. The van der Waals surface area contributed by atoms with Crippen LogP contribution < -0.4 is 0 Å². The molecule has 0 aliphatic rings. The van der Waals surface area contributed by atoms with Crippen LogP contribution in [0.4, 0.5) is 0 Å². The van der Waals surface area contributed by atoms with Crippen molar-refractivity contribution in [2.45, 2.75) is 0 Å². The third-order valence-electron chi connectivity index (χ3n) is 11.9. The lowest BCUT2D eigenvalue weighted by atomic mass is 10.0. The second kappa shape index (κ2) is 12.2. The minimum absolute atomic E-state index is 0.546. The number of aromatic nitrogens is 5. The van der Waals surface area contributed by atoms with Crippen molar-refractivity contribution in [1.29, 1.82) is 0 Å². The first-order valence-corrected chi connectivity index (χ1v) is 19.9. The zero-order valence-electron chi connectivity index (χ0n) is 31.5. The monoisotopic (exact) mass is 753 g/mol. The molecule has 274 valence electrons. The van der Waals surface area contributed by atoms with Crippen LogP contribution in [0.2, 0.25) is 0 Å². The summed E-state index contributed by atoms with van der Waals surface area (Å²) in [5, 5.41) is 11.2. The van der Waals surface area contributed by atoms with Crippen molar-refractivity contribution in [3.63, 3.8) is 0 Å². The molecule has 13 aromatic rings. The van der Waals surface area contributed by atoms with Crippen molar-refractivity contribution in [1.82, 2.24) is 24.1 Å². The van der Waals surface area contributed by atoms with E-state index >= 15 is 0 Å². The smallest absolute Gasteiger partial charge is 0.238 e. The largest absolute Gasteiger partial charge is 0.456 e. The zero-order chi connectivity index (χ0) is 38.6. The van der Waals surface area contributed by atoms with Gasteiger partial charge in [-0.3, -0.25) is 4.57 Å². The van der Waals surface area contributed by atoms with E-state index < -0.39 is 0 Å². The molecule has 0 spiro atoms. The molecule has 59 heavy (non-hydrogen) atoms. The Morgan fingerprint density at radius 1 is 0.339 bits per heavy atom. The van der Waals surface area contributed by atoms with Crippen molar-refractivity contribution >= 4 is 87.1 Å². The fraction of sp³-hybridized carbons (Fsp3) is 0. The lowest BCUT2D eigenvalue weighted by Crippen LogP contribution is -2.07. The van der Waals surface area contributed by atoms with Gasteiger partial charge in [0.2, 0.25) is 5.95 Å². The van der Waals surface area contributed by atoms with Crippen molar-refractivity contribution in [2.75, 3.05) is 0 Å². The van der Waals surface area contributed by atoms with Gasteiger partial charge in [-0.05, 0) is 64.0 Å². The molecule has 4 heterocycles. The van der Waals surface area contributed by atoms with Crippen LogP contribution in [0, 0.1) is 0 Å². The van der Waals surface area contributed by atoms with Crippen LogP contribution in [-0.2, 0) is 0 Å². The third kappa shape index (κ3) is 4.71. The normalized spacial score (nSPS) is 12.1. The minimum Gasteiger partial charge on any atom is -0.456 e. The van der Waals surface area contributed by atoms with Gasteiger partial charge in [-0.25, -0.2) is 4.98 Å². The fourth-order valence-corrected chi connectivity index (χ4v) is 9.34. The highest BCUT2D eigenvalue weighted by Gasteiger charge is 2.23. The Kier molecular flexibility index (Phi) is 6.63. The molecule has 0 unspecified atom stereocenters. The number of para-hydroxylation sites is 4. The molecule has 0 saturated carbocycles. The predicted molar refractivity (Wildman–Crippen MR) is 242 cm³/mol. The van der Waals surface area contributed by atoms with Crippen LogP contribution in [0.1, 0.15) is 0 Å². The number of benzene rings is 9. The van der Waals surface area contributed by atoms with Gasteiger partial charge in [0.05, 0.1) is 27.8 Å². The molecule has 4 aromatic heterocycles. The highest BCUT2D eigenvalue weighted by molar-refractivity contribution is 6.16. The van der Waals surface area contributed by atoms with Crippen molar-refractivity contribution < 1.29 is 4.42 Å². The van der Waals surface area contributed by atoms with E-state index in [0.29, 0.717) is 17.6 Å². The average molecular weight is 754 g/mol. The minimum atomic E-state index is 0.546. The highest BCUT2D eigenvalue weighted by atomic mass is 16.3. The number of hydrogen-bond donors (Lipinski definition) is 0. The molecule has 0 atom stereocenters. The Morgan fingerprint density at radius 3 is 1.61 bits per heavy atom.